The first-order valence-electron chi connectivity index (χ1n) is 21.0. The molecule has 0 aliphatic heterocycles. The van der Waals surface area contributed by atoms with Crippen molar-refractivity contribution in [3.8, 4) is 75.1 Å². The molecule has 0 N–H and O–H groups in total. The number of rotatable bonds is 7. The average molecular weight is 824 g/mol. The van der Waals surface area contributed by atoms with Gasteiger partial charge in [0.25, 0.3) is 0 Å². The zero-order valence-electron chi connectivity index (χ0n) is 33.6. The minimum Gasteiger partial charge on any atom is -0.256 e. The van der Waals surface area contributed by atoms with Gasteiger partial charge in [-0.25, -0.2) is 0 Å². The molecule has 0 spiro atoms. The van der Waals surface area contributed by atoms with Crippen LogP contribution in [0.1, 0.15) is 0 Å². The second kappa shape index (κ2) is 15.2. The van der Waals surface area contributed by atoms with E-state index < -0.39 is 0 Å². The molecule has 0 aliphatic carbocycles. The molecule has 1 nitrogen and oxygen atoms in total. The summed E-state index contributed by atoms with van der Waals surface area (Å²) >= 11 is 3.69. The van der Waals surface area contributed by atoms with Crippen LogP contribution >= 0.6 is 22.7 Å². The van der Waals surface area contributed by atoms with Gasteiger partial charge in [-0.05, 0) is 137 Å². The summed E-state index contributed by atoms with van der Waals surface area (Å²) in [5.41, 5.74) is 13.2. The van der Waals surface area contributed by atoms with Gasteiger partial charge in [0.05, 0.1) is 5.52 Å². The monoisotopic (exact) mass is 823 g/mol. The Morgan fingerprint density at radius 3 is 1.35 bits per heavy atom. The number of hydrogen-bond acceptors (Lipinski definition) is 3. The second-order valence-electron chi connectivity index (χ2n) is 15.8. The zero-order valence-corrected chi connectivity index (χ0v) is 35.3. The van der Waals surface area contributed by atoms with E-state index in [1.807, 2.05) is 28.9 Å². The number of nitrogens with zero attached hydrogens (tertiary/aromatic N) is 1. The minimum absolute atomic E-state index is 1.03. The lowest BCUT2D eigenvalue weighted by Crippen LogP contribution is -1.93. The smallest absolute Gasteiger partial charge is 0.0786 e. The maximum Gasteiger partial charge on any atom is 0.0786 e. The molecule has 9 aromatic carbocycles. The predicted molar refractivity (Wildman–Crippen MR) is 268 cm³/mol. The van der Waals surface area contributed by atoms with Crippen LogP contribution in [-0.4, -0.2) is 4.98 Å². The fourth-order valence-electron chi connectivity index (χ4n) is 9.27. The fourth-order valence-corrected chi connectivity index (χ4v) is 11.3. The highest BCUT2D eigenvalue weighted by atomic mass is 32.1. The van der Waals surface area contributed by atoms with Gasteiger partial charge in [-0.1, -0.05) is 164 Å². The number of pyridine rings is 1. The van der Waals surface area contributed by atoms with E-state index in [0.717, 1.165) is 10.9 Å². The van der Waals surface area contributed by atoms with E-state index in [-0.39, 0.29) is 0 Å². The van der Waals surface area contributed by atoms with Gasteiger partial charge in [-0.15, -0.1) is 22.7 Å². The van der Waals surface area contributed by atoms with Gasteiger partial charge >= 0.3 is 0 Å². The van der Waals surface area contributed by atoms with Crippen molar-refractivity contribution < 1.29 is 0 Å². The zero-order chi connectivity index (χ0) is 41.0. The van der Waals surface area contributed by atoms with Crippen LogP contribution in [0.4, 0.5) is 0 Å². The molecular weight excluding hydrogens is 787 g/mol. The highest BCUT2D eigenvalue weighted by molar-refractivity contribution is 7.19. The number of fused-ring (bicyclic) bond motifs is 5. The Labute approximate surface area is 368 Å². The molecule has 62 heavy (non-hydrogen) atoms. The fraction of sp³-hybridized carbons (Fsp3) is 0. The largest absolute Gasteiger partial charge is 0.256 e. The van der Waals surface area contributed by atoms with Crippen LogP contribution < -0.4 is 0 Å². The number of benzene rings is 9. The van der Waals surface area contributed by atoms with Crippen LogP contribution in [0, 0.1) is 0 Å². The summed E-state index contributed by atoms with van der Waals surface area (Å²) < 4.78 is 0. The van der Waals surface area contributed by atoms with Crippen LogP contribution in [0.2, 0.25) is 0 Å². The summed E-state index contributed by atoms with van der Waals surface area (Å²) in [5.74, 6) is 0. The summed E-state index contributed by atoms with van der Waals surface area (Å²) in [5, 5.41) is 8.44. The van der Waals surface area contributed by atoms with Crippen molar-refractivity contribution in [1.82, 2.24) is 4.98 Å². The van der Waals surface area contributed by atoms with Gasteiger partial charge < -0.3 is 0 Å². The number of hydrogen-bond donors (Lipinski definition) is 0. The van der Waals surface area contributed by atoms with Crippen molar-refractivity contribution in [1.29, 1.82) is 0 Å². The molecule has 0 bridgehead atoms. The third-order valence-electron chi connectivity index (χ3n) is 12.1. The van der Waals surface area contributed by atoms with E-state index in [4.69, 9.17) is 4.98 Å². The molecule has 3 heterocycles. The first-order valence-corrected chi connectivity index (χ1v) is 22.6. The Morgan fingerprint density at radius 2 is 0.742 bits per heavy atom. The highest BCUT2D eigenvalue weighted by Crippen LogP contribution is 2.47. The summed E-state index contributed by atoms with van der Waals surface area (Å²) in [6.45, 7) is 0. The van der Waals surface area contributed by atoms with E-state index in [0.29, 0.717) is 0 Å². The lowest BCUT2D eigenvalue weighted by atomic mass is 9.84. The van der Waals surface area contributed by atoms with E-state index in [1.54, 1.807) is 0 Å². The van der Waals surface area contributed by atoms with Crippen LogP contribution in [0.5, 0.6) is 0 Å². The SMILES string of the molecule is c1ccc(-c2ccc(-c3cccc(-c4c5ccccc5c(-c5cccc(-c6ccc(-c7ccccc7)s6)c5)c5cc(-c6cc7ccccc7c7ncccc67)ccc45)c3)s2)cc1. The van der Waals surface area contributed by atoms with Crippen molar-refractivity contribution in [2.75, 3.05) is 0 Å². The Bertz CT molecular complexity index is 3630. The molecule has 0 radical (unpaired) electrons. The van der Waals surface area contributed by atoms with Crippen molar-refractivity contribution in [2.45, 2.75) is 0 Å². The third-order valence-corrected chi connectivity index (χ3v) is 14.5. The van der Waals surface area contributed by atoms with E-state index in [1.165, 1.54) is 107 Å². The minimum atomic E-state index is 1.03. The third kappa shape index (κ3) is 6.33. The maximum atomic E-state index is 4.93. The molecular formula is C59H37NS2. The summed E-state index contributed by atoms with van der Waals surface area (Å²) in [7, 11) is 0. The van der Waals surface area contributed by atoms with E-state index in [9.17, 15) is 0 Å². The number of thiophene rings is 2. The molecule has 290 valence electrons. The second-order valence-corrected chi connectivity index (χ2v) is 18.0. The first kappa shape index (κ1) is 36.4. The Hall–Kier alpha value is -7.43. The van der Waals surface area contributed by atoms with Gasteiger partial charge in [0.2, 0.25) is 0 Å². The van der Waals surface area contributed by atoms with Gasteiger partial charge in [0.1, 0.15) is 0 Å². The molecule has 0 unspecified atom stereocenters. The van der Waals surface area contributed by atoms with Gasteiger partial charge in [-0.3, -0.25) is 4.98 Å². The van der Waals surface area contributed by atoms with E-state index >= 15 is 0 Å². The lowest BCUT2D eigenvalue weighted by molar-refractivity contribution is 1.43. The molecule has 12 rings (SSSR count). The van der Waals surface area contributed by atoms with Crippen LogP contribution in [0.15, 0.2) is 225 Å². The van der Waals surface area contributed by atoms with Gasteiger partial charge in [0.15, 0.2) is 0 Å². The summed E-state index contributed by atoms with van der Waals surface area (Å²) in [6.07, 6.45) is 1.91. The quantitative estimate of drug-likeness (QED) is 0.115. The Morgan fingerprint density at radius 1 is 0.274 bits per heavy atom. The Kier molecular flexibility index (Phi) is 8.95. The first-order chi connectivity index (χ1) is 30.7. The summed E-state index contributed by atoms with van der Waals surface area (Å²) in [4.78, 5) is 9.99. The van der Waals surface area contributed by atoms with Crippen molar-refractivity contribution in [2.24, 2.45) is 0 Å². The average Bonchev–Trinajstić information content (AvgIpc) is 4.06. The molecule has 0 amide bonds. The molecule has 0 atom stereocenters. The predicted octanol–water partition coefficient (Wildman–Crippen LogP) is 17.5. The molecule has 0 saturated carbocycles. The van der Waals surface area contributed by atoms with Crippen LogP contribution in [0.3, 0.4) is 0 Å². The normalized spacial score (nSPS) is 11.5. The van der Waals surface area contributed by atoms with Crippen LogP contribution in [0.25, 0.3) is 118 Å². The molecule has 3 aromatic heterocycles. The Balaban J connectivity index is 1.09. The van der Waals surface area contributed by atoms with Gasteiger partial charge in [-0.2, -0.15) is 0 Å². The molecule has 3 heteroatoms. The van der Waals surface area contributed by atoms with E-state index in [2.05, 4.69) is 218 Å². The molecule has 0 fully saturated rings. The standard InChI is InChI=1S/C59H37NS2/c1-3-14-38(15-4-1)53-29-31-55(61-53)42-19-11-21-44(34-42)57-47-24-9-10-25-48(47)58(45-22-12-20-43(35-45)56-32-30-54(62-56)39-16-5-2-6-17-39)52-37-41(27-28-49(52)57)51-36-40-18-7-8-23-46(40)59-50(51)26-13-33-60-59/h1-37H. The maximum absolute atomic E-state index is 4.93. The van der Waals surface area contributed by atoms with Crippen LogP contribution in [-0.2, 0) is 0 Å². The molecule has 0 saturated heterocycles. The lowest BCUT2D eigenvalue weighted by Gasteiger charge is -2.20. The number of aromatic nitrogens is 1. The molecule has 0 aliphatic rings. The van der Waals surface area contributed by atoms with Crippen molar-refractivity contribution in [3.05, 3.63) is 225 Å². The highest BCUT2D eigenvalue weighted by Gasteiger charge is 2.20. The molecule has 12 aromatic rings. The van der Waals surface area contributed by atoms with Gasteiger partial charge in [0, 0.05) is 36.5 Å². The summed E-state index contributed by atoms with van der Waals surface area (Å²) in [6, 6.07) is 80.1. The van der Waals surface area contributed by atoms with Crippen molar-refractivity contribution in [3.63, 3.8) is 0 Å². The van der Waals surface area contributed by atoms with Crippen molar-refractivity contribution >= 4 is 65.9 Å². The topological polar surface area (TPSA) is 12.9 Å².